The van der Waals surface area contributed by atoms with Gasteiger partial charge >= 0.3 is 0 Å². The van der Waals surface area contributed by atoms with Gasteiger partial charge in [-0.25, -0.2) is 18.4 Å². The van der Waals surface area contributed by atoms with Crippen LogP contribution >= 0.6 is 22.9 Å². The number of hydrogen-bond donors (Lipinski definition) is 1. The number of aromatic nitrogens is 2. The van der Waals surface area contributed by atoms with E-state index in [0.717, 1.165) is 16.9 Å². The first kappa shape index (κ1) is 13.3. The van der Waals surface area contributed by atoms with E-state index in [4.69, 9.17) is 11.6 Å². The summed E-state index contributed by atoms with van der Waals surface area (Å²) in [5.41, 5.74) is 1.08. The molecule has 2 rings (SSSR count). The summed E-state index contributed by atoms with van der Waals surface area (Å²) in [5, 5.41) is 0.800. The fourth-order valence-corrected chi connectivity index (χ4v) is 3.66. The lowest BCUT2D eigenvalue weighted by Gasteiger charge is -2.07. The first-order valence-electron chi connectivity index (χ1n) is 4.96. The summed E-state index contributed by atoms with van der Waals surface area (Å²) in [4.78, 5) is 7.80. The van der Waals surface area contributed by atoms with E-state index in [1.165, 1.54) is 6.20 Å². The van der Waals surface area contributed by atoms with E-state index < -0.39 is 10.0 Å². The molecule has 0 aliphatic rings. The van der Waals surface area contributed by atoms with Crippen LogP contribution in [0, 0.1) is 13.8 Å². The molecule has 0 bridgehead atoms. The highest BCUT2D eigenvalue weighted by Gasteiger charge is 2.18. The zero-order valence-electron chi connectivity index (χ0n) is 9.64. The molecule has 0 atom stereocenters. The lowest BCUT2D eigenvalue weighted by Crippen LogP contribution is -2.12. The molecule has 0 saturated carbocycles. The van der Waals surface area contributed by atoms with E-state index in [-0.39, 0.29) is 15.0 Å². The minimum Gasteiger partial charge on any atom is -0.276 e. The van der Waals surface area contributed by atoms with E-state index in [0.29, 0.717) is 5.01 Å². The van der Waals surface area contributed by atoms with Crippen LogP contribution in [-0.2, 0) is 10.0 Å². The number of rotatable bonds is 3. The molecule has 2 aromatic rings. The van der Waals surface area contributed by atoms with Crippen LogP contribution in [-0.4, -0.2) is 18.4 Å². The zero-order valence-corrected chi connectivity index (χ0v) is 12.0. The molecule has 0 radical (unpaired) electrons. The first-order valence-corrected chi connectivity index (χ1v) is 7.63. The molecule has 0 unspecified atom stereocenters. The van der Waals surface area contributed by atoms with Gasteiger partial charge in [-0.3, -0.25) is 4.72 Å². The van der Waals surface area contributed by atoms with Gasteiger partial charge in [0.25, 0.3) is 10.0 Å². The van der Waals surface area contributed by atoms with Crippen molar-refractivity contribution in [2.45, 2.75) is 18.1 Å². The predicted molar refractivity (Wildman–Crippen MR) is 71.6 cm³/mol. The van der Waals surface area contributed by atoms with Crippen molar-refractivity contribution in [1.29, 1.82) is 0 Å². The SMILES string of the molecule is Cc1cnc(Cl)c(NS(=O)(=O)c2cnc(C)s2)c1. The molecule has 5 nitrogen and oxygen atoms in total. The maximum absolute atomic E-state index is 12.1. The smallest absolute Gasteiger partial charge is 0.273 e. The van der Waals surface area contributed by atoms with Crippen LogP contribution in [0.15, 0.2) is 22.7 Å². The number of nitrogens with zero attached hydrogens (tertiary/aromatic N) is 2. The molecular formula is C10H10ClN3O2S2. The molecular weight excluding hydrogens is 294 g/mol. The molecule has 2 aromatic heterocycles. The summed E-state index contributed by atoms with van der Waals surface area (Å²) in [5.74, 6) is 0. The van der Waals surface area contributed by atoms with Gasteiger partial charge in [-0.2, -0.15) is 0 Å². The van der Waals surface area contributed by atoms with E-state index in [1.54, 1.807) is 26.1 Å². The number of thiazole rings is 1. The topological polar surface area (TPSA) is 72.0 Å². The average Bonchev–Trinajstić information content (AvgIpc) is 2.71. The van der Waals surface area contributed by atoms with Gasteiger partial charge in [-0.1, -0.05) is 11.6 Å². The number of halogens is 1. The molecule has 0 amide bonds. The molecule has 0 aliphatic carbocycles. The third-order valence-electron chi connectivity index (χ3n) is 2.09. The van der Waals surface area contributed by atoms with Crippen LogP contribution in [0.25, 0.3) is 0 Å². The zero-order chi connectivity index (χ0) is 13.3. The van der Waals surface area contributed by atoms with Gasteiger partial charge in [-0.05, 0) is 25.5 Å². The second-order valence-electron chi connectivity index (χ2n) is 3.65. The fourth-order valence-electron chi connectivity index (χ4n) is 1.29. The molecule has 96 valence electrons. The molecule has 8 heteroatoms. The van der Waals surface area contributed by atoms with Crippen LogP contribution in [0.3, 0.4) is 0 Å². The largest absolute Gasteiger partial charge is 0.276 e. The van der Waals surface area contributed by atoms with Gasteiger partial charge in [0, 0.05) is 6.20 Å². The van der Waals surface area contributed by atoms with Gasteiger partial charge in [0.05, 0.1) is 16.9 Å². The van der Waals surface area contributed by atoms with Crippen molar-refractivity contribution in [2.75, 3.05) is 4.72 Å². The Labute approximate surface area is 114 Å². The van der Waals surface area contributed by atoms with Crippen molar-refractivity contribution < 1.29 is 8.42 Å². The van der Waals surface area contributed by atoms with Crippen molar-refractivity contribution in [1.82, 2.24) is 9.97 Å². The highest BCUT2D eigenvalue weighted by molar-refractivity contribution is 7.94. The Bertz CT molecular complexity index is 682. The Morgan fingerprint density at radius 1 is 1.28 bits per heavy atom. The minimum atomic E-state index is -3.65. The normalized spacial score (nSPS) is 11.5. The Hall–Kier alpha value is -1.18. The van der Waals surface area contributed by atoms with Crippen LogP contribution in [0.4, 0.5) is 5.69 Å². The second kappa shape index (κ2) is 4.83. The lowest BCUT2D eigenvalue weighted by atomic mass is 10.3. The van der Waals surface area contributed by atoms with E-state index in [1.807, 2.05) is 0 Å². The molecule has 0 aliphatic heterocycles. The lowest BCUT2D eigenvalue weighted by molar-refractivity contribution is 0.603. The van der Waals surface area contributed by atoms with Crippen molar-refractivity contribution in [2.24, 2.45) is 0 Å². The molecule has 18 heavy (non-hydrogen) atoms. The second-order valence-corrected chi connectivity index (χ2v) is 7.16. The summed E-state index contributed by atoms with van der Waals surface area (Å²) in [6, 6.07) is 1.63. The number of pyridine rings is 1. The van der Waals surface area contributed by atoms with Gasteiger partial charge in [0.15, 0.2) is 9.36 Å². The summed E-state index contributed by atoms with van der Waals surface area (Å²) in [6.45, 7) is 3.54. The van der Waals surface area contributed by atoms with Gasteiger partial charge < -0.3 is 0 Å². The number of hydrogen-bond acceptors (Lipinski definition) is 5. The summed E-state index contributed by atoms with van der Waals surface area (Å²) < 4.78 is 26.7. The number of aryl methyl sites for hydroxylation is 2. The summed E-state index contributed by atoms with van der Waals surface area (Å²) in [6.07, 6.45) is 2.89. The van der Waals surface area contributed by atoms with E-state index in [2.05, 4.69) is 14.7 Å². The third kappa shape index (κ3) is 2.80. The van der Waals surface area contributed by atoms with Gasteiger partial charge in [0.1, 0.15) is 0 Å². The van der Waals surface area contributed by atoms with Crippen molar-refractivity contribution >= 4 is 38.6 Å². The Balaban J connectivity index is 2.36. The Morgan fingerprint density at radius 2 is 2.00 bits per heavy atom. The molecule has 0 spiro atoms. The maximum Gasteiger partial charge on any atom is 0.273 e. The third-order valence-corrected chi connectivity index (χ3v) is 5.13. The predicted octanol–water partition coefficient (Wildman–Crippen LogP) is 2.61. The number of anilines is 1. The highest BCUT2D eigenvalue weighted by atomic mass is 35.5. The van der Waals surface area contributed by atoms with Crippen LogP contribution in [0.1, 0.15) is 10.6 Å². The van der Waals surface area contributed by atoms with Crippen molar-refractivity contribution in [3.8, 4) is 0 Å². The van der Waals surface area contributed by atoms with E-state index in [9.17, 15) is 8.42 Å². The average molecular weight is 304 g/mol. The van der Waals surface area contributed by atoms with Crippen LogP contribution in [0.5, 0.6) is 0 Å². The Morgan fingerprint density at radius 3 is 2.61 bits per heavy atom. The Kier molecular flexibility index (Phi) is 3.56. The van der Waals surface area contributed by atoms with Crippen LogP contribution < -0.4 is 4.72 Å². The summed E-state index contributed by atoms with van der Waals surface area (Å²) in [7, 11) is -3.65. The maximum atomic E-state index is 12.1. The van der Waals surface area contributed by atoms with Gasteiger partial charge in [-0.15, -0.1) is 11.3 Å². The van der Waals surface area contributed by atoms with Gasteiger partial charge in [0.2, 0.25) is 0 Å². The molecule has 1 N–H and O–H groups in total. The van der Waals surface area contributed by atoms with Crippen molar-refractivity contribution in [3.05, 3.63) is 34.2 Å². The quantitative estimate of drug-likeness (QED) is 0.885. The molecule has 0 fully saturated rings. The van der Waals surface area contributed by atoms with E-state index >= 15 is 0 Å². The monoisotopic (exact) mass is 303 g/mol. The molecule has 0 aromatic carbocycles. The first-order chi connectivity index (χ1) is 8.38. The highest BCUT2D eigenvalue weighted by Crippen LogP contribution is 2.25. The standard InChI is InChI=1S/C10H10ClN3O2S2/c1-6-3-8(10(11)13-4-6)14-18(15,16)9-5-12-7(2)17-9/h3-5,14H,1-2H3. The van der Waals surface area contributed by atoms with Crippen LogP contribution in [0.2, 0.25) is 5.15 Å². The summed E-state index contributed by atoms with van der Waals surface area (Å²) >= 11 is 6.94. The minimum absolute atomic E-state index is 0.116. The molecule has 2 heterocycles. The fraction of sp³-hybridized carbons (Fsp3) is 0.200. The number of sulfonamides is 1. The van der Waals surface area contributed by atoms with Crippen molar-refractivity contribution in [3.63, 3.8) is 0 Å². The molecule has 0 saturated heterocycles. The number of nitrogens with one attached hydrogen (secondary N) is 1.